The number of rotatable bonds is 0. The fraction of sp³-hybridized carbons (Fsp3) is 0. The highest BCUT2D eigenvalue weighted by Gasteiger charge is 2.06. The van der Waals surface area contributed by atoms with Crippen molar-refractivity contribution < 1.29 is 12.9 Å². The number of hydrogen-bond acceptors (Lipinski definition) is 0. The Labute approximate surface area is 46.8 Å². The molecule has 33 valence electrons. The van der Waals surface area contributed by atoms with Crippen LogP contribution in [0, 0.1) is 0 Å². The maximum absolute atomic E-state index is 9.67. The Morgan fingerprint density at radius 2 is 0.714 bits per heavy atom. The summed E-state index contributed by atoms with van der Waals surface area (Å²) in [6.07, 6.45) is 0. The lowest BCUT2D eigenvalue weighted by molar-refractivity contribution is 0.535. The second-order valence-electron chi connectivity index (χ2n) is 0.247. The molecule has 0 atom stereocenters. The second-order valence-corrected chi connectivity index (χ2v) is 0.247. The van der Waals surface area contributed by atoms with Crippen molar-refractivity contribution in [2.24, 2.45) is 0 Å². The van der Waals surface area contributed by atoms with Crippen LogP contribution >= 0.6 is 0 Å². The van der Waals surface area contributed by atoms with Gasteiger partial charge in [-0.15, -0.1) is 0 Å². The van der Waals surface area contributed by atoms with Crippen molar-refractivity contribution in [3.63, 3.8) is 0 Å². The molecule has 0 amide bonds. The molecule has 0 aliphatic rings. The van der Waals surface area contributed by atoms with Gasteiger partial charge in [0.15, 0.2) is 0 Å². The zero-order valence-electron chi connectivity index (χ0n) is 3.44. The van der Waals surface area contributed by atoms with Crippen LogP contribution in [0.2, 0.25) is 0 Å². The lowest BCUT2D eigenvalue weighted by atomic mass is 10.5. The molecule has 0 aromatic rings. The first-order valence-corrected chi connectivity index (χ1v) is 0.655. The largest absolute Gasteiger partial charge is 0.762 e. The van der Waals surface area contributed by atoms with Gasteiger partial charge in [-0.3, -0.25) is 12.9 Å². The summed E-state index contributed by atoms with van der Waals surface area (Å²) in [5, 5.41) is 0. The van der Waals surface area contributed by atoms with E-state index < -0.39 is 7.54 Å². The fourth-order valence-electron chi connectivity index (χ4n) is 0. The van der Waals surface area contributed by atoms with E-state index in [4.69, 9.17) is 0 Å². The highest BCUT2D eigenvalue weighted by atomic mass is 19.4. The summed E-state index contributed by atoms with van der Waals surface area (Å²) in [6.45, 7) is 0. The molecule has 9 radical (unpaired) electrons. The van der Waals surface area contributed by atoms with Crippen molar-refractivity contribution in [3.05, 3.63) is 0 Å². The van der Waals surface area contributed by atoms with Gasteiger partial charge < -0.3 is 0 Å². The van der Waals surface area contributed by atoms with Crippen molar-refractivity contribution in [2.75, 3.05) is 0 Å². The zero-order chi connectivity index (χ0) is 3.58. The molecule has 0 aromatic heterocycles. The van der Waals surface area contributed by atoms with Crippen LogP contribution in [0.1, 0.15) is 0 Å². The third-order valence-electron chi connectivity index (χ3n) is 0. The predicted octanol–water partition coefficient (Wildman–Crippen LogP) is -0.263. The summed E-state index contributed by atoms with van der Waals surface area (Å²) >= 11 is 0. The number of halogens is 3. The molecular weight excluding hydrogens is 100 g/mol. The van der Waals surface area contributed by atoms with Crippen molar-refractivity contribution in [1.82, 2.24) is 0 Å². The Hall–Kier alpha value is 0.0497. The molecule has 0 heterocycles. The van der Waals surface area contributed by atoms with E-state index in [9.17, 15) is 12.9 Å². The molecule has 0 N–H and O–H groups in total. The highest BCUT2D eigenvalue weighted by molar-refractivity contribution is 6.33. The molecule has 0 fully saturated rings. The first-order chi connectivity index (χ1) is 1.73. The van der Waals surface area contributed by atoms with E-state index in [1.54, 1.807) is 0 Å². The maximum atomic E-state index is 9.67. The maximum Gasteiger partial charge on any atom is 0.762 e. The molecule has 0 aliphatic heterocycles. The van der Waals surface area contributed by atoms with Gasteiger partial charge in [0.1, 0.15) is 0 Å². The van der Waals surface area contributed by atoms with Crippen molar-refractivity contribution in [3.8, 4) is 0 Å². The summed E-state index contributed by atoms with van der Waals surface area (Å²) in [6, 6.07) is 0. The molecule has 0 rings (SSSR count). The predicted molar refractivity (Wildman–Crippen MR) is 26.3 cm³/mol. The molecule has 0 unspecified atom stereocenters. The smallest absolute Gasteiger partial charge is 0.254 e. The molecule has 0 saturated carbocycles. The molecule has 7 heteroatoms. The summed E-state index contributed by atoms with van der Waals surface area (Å²) in [7, 11) is -3.67. The standard InChI is InChI=1S/BF3.3B/c2-1(3)4;;;. The Morgan fingerprint density at radius 1 is 0.714 bits per heavy atom. The SMILES string of the molecule is FB(F)F.[B].[B].[B]. The molecule has 0 nitrogen and oxygen atoms in total. The van der Waals surface area contributed by atoms with Crippen LogP contribution in [0.4, 0.5) is 12.9 Å². The molecule has 0 aromatic carbocycles. The van der Waals surface area contributed by atoms with Gasteiger partial charge in [0.2, 0.25) is 0 Å². The van der Waals surface area contributed by atoms with Crippen LogP contribution in [0.3, 0.4) is 0 Å². The Kier molecular flexibility index (Phi) is 65.7. The minimum atomic E-state index is -3.67. The van der Waals surface area contributed by atoms with E-state index in [0.717, 1.165) is 0 Å². The lowest BCUT2D eigenvalue weighted by Crippen LogP contribution is -1.76. The van der Waals surface area contributed by atoms with E-state index in [-0.39, 0.29) is 25.2 Å². The van der Waals surface area contributed by atoms with Gasteiger partial charge in [-0.1, -0.05) is 0 Å². The van der Waals surface area contributed by atoms with Crippen molar-refractivity contribution in [1.29, 1.82) is 0 Å². The van der Waals surface area contributed by atoms with Crippen LogP contribution in [-0.4, -0.2) is 32.8 Å². The first kappa shape index (κ1) is 27.7. The normalized spacial score (nSPS) is 3.86. The van der Waals surface area contributed by atoms with Gasteiger partial charge in [-0.2, -0.15) is 0 Å². The minimum Gasteiger partial charge on any atom is -0.254 e. The van der Waals surface area contributed by atoms with Gasteiger partial charge in [0, 0.05) is 25.2 Å². The van der Waals surface area contributed by atoms with Gasteiger partial charge in [0.05, 0.1) is 0 Å². The average Bonchev–Trinajstić information content (AvgIpc) is 0.811. The van der Waals surface area contributed by atoms with Gasteiger partial charge >= 0.3 is 7.54 Å². The first-order valence-electron chi connectivity index (χ1n) is 0.655. The topological polar surface area (TPSA) is 0 Å². The third-order valence-corrected chi connectivity index (χ3v) is 0. The summed E-state index contributed by atoms with van der Waals surface area (Å²) in [4.78, 5) is 0. The van der Waals surface area contributed by atoms with Crippen LogP contribution < -0.4 is 0 Å². The van der Waals surface area contributed by atoms with Crippen LogP contribution in [-0.2, 0) is 0 Å². The molecule has 0 bridgehead atoms. The van der Waals surface area contributed by atoms with Crippen LogP contribution in [0.5, 0.6) is 0 Å². The molecule has 0 aliphatic carbocycles. The third kappa shape index (κ3) is 40100. The van der Waals surface area contributed by atoms with Crippen molar-refractivity contribution >= 4 is 32.8 Å². The molecule has 0 spiro atoms. The Bertz CT molecular complexity index is 11.7. The molecule has 7 heavy (non-hydrogen) atoms. The van der Waals surface area contributed by atoms with Gasteiger partial charge in [-0.25, -0.2) is 0 Å². The zero-order valence-corrected chi connectivity index (χ0v) is 3.44. The van der Waals surface area contributed by atoms with Crippen LogP contribution in [0.25, 0.3) is 0 Å². The van der Waals surface area contributed by atoms with E-state index in [0.29, 0.717) is 0 Å². The summed E-state index contributed by atoms with van der Waals surface area (Å²) in [5.41, 5.74) is 0. The van der Waals surface area contributed by atoms with Crippen molar-refractivity contribution in [2.45, 2.75) is 0 Å². The van der Waals surface area contributed by atoms with E-state index in [1.807, 2.05) is 0 Å². The minimum absolute atomic E-state index is 0. The average molecular weight is 100 g/mol. The Balaban J connectivity index is -0.0000000150. The Morgan fingerprint density at radius 3 is 0.714 bits per heavy atom. The fourth-order valence-corrected chi connectivity index (χ4v) is 0. The van der Waals surface area contributed by atoms with E-state index in [1.165, 1.54) is 0 Å². The van der Waals surface area contributed by atoms with Gasteiger partial charge in [-0.05, 0) is 0 Å². The summed E-state index contributed by atoms with van der Waals surface area (Å²) in [5.74, 6) is 0. The highest BCUT2D eigenvalue weighted by Crippen LogP contribution is 1.80. The van der Waals surface area contributed by atoms with E-state index >= 15 is 0 Å². The van der Waals surface area contributed by atoms with Gasteiger partial charge in [0.25, 0.3) is 0 Å². The molecule has 0 saturated heterocycles. The van der Waals surface area contributed by atoms with Crippen LogP contribution in [0.15, 0.2) is 0 Å². The second kappa shape index (κ2) is 16.6. The quantitative estimate of drug-likeness (QED) is 0.368. The number of hydrogen-bond donors (Lipinski definition) is 0. The lowest BCUT2D eigenvalue weighted by Gasteiger charge is -1.55. The van der Waals surface area contributed by atoms with E-state index in [2.05, 4.69) is 0 Å². The molecular formula is B4F3. The monoisotopic (exact) mass is 101 g/mol. The summed E-state index contributed by atoms with van der Waals surface area (Å²) < 4.78 is 29.0.